The Bertz CT molecular complexity index is 529. The molecule has 1 heterocycles. The first-order chi connectivity index (χ1) is 9.15. The summed E-state index contributed by atoms with van der Waals surface area (Å²) < 4.78 is 18.4. The molecule has 4 heteroatoms. The summed E-state index contributed by atoms with van der Waals surface area (Å²) in [5.41, 5.74) is 1.12. The van der Waals surface area contributed by atoms with E-state index < -0.39 is 0 Å². The van der Waals surface area contributed by atoms with Crippen molar-refractivity contribution in [2.45, 2.75) is 32.8 Å². The predicted octanol–water partition coefficient (Wildman–Crippen LogP) is 3.05. The van der Waals surface area contributed by atoms with Gasteiger partial charge in [0, 0.05) is 25.8 Å². The monoisotopic (exact) mass is 263 g/mol. The number of hydrogen-bond acceptors (Lipinski definition) is 3. The molecule has 0 fully saturated rings. The SMILES string of the molecule is COC(Cn1ccc2c(OC(C)C)cccc21)OC. The van der Waals surface area contributed by atoms with Crippen molar-refractivity contribution >= 4 is 10.9 Å². The summed E-state index contributed by atoms with van der Waals surface area (Å²) in [6, 6.07) is 8.14. The van der Waals surface area contributed by atoms with E-state index in [1.165, 1.54) is 0 Å². The van der Waals surface area contributed by atoms with E-state index in [4.69, 9.17) is 14.2 Å². The van der Waals surface area contributed by atoms with E-state index in [-0.39, 0.29) is 12.4 Å². The first-order valence-electron chi connectivity index (χ1n) is 6.45. The average molecular weight is 263 g/mol. The first kappa shape index (κ1) is 13.9. The molecule has 0 unspecified atom stereocenters. The van der Waals surface area contributed by atoms with Gasteiger partial charge < -0.3 is 18.8 Å². The van der Waals surface area contributed by atoms with Gasteiger partial charge in [-0.05, 0) is 32.0 Å². The van der Waals surface area contributed by atoms with Gasteiger partial charge >= 0.3 is 0 Å². The lowest BCUT2D eigenvalue weighted by atomic mass is 10.2. The van der Waals surface area contributed by atoms with Gasteiger partial charge in [-0.2, -0.15) is 0 Å². The van der Waals surface area contributed by atoms with Crippen molar-refractivity contribution in [2.75, 3.05) is 14.2 Å². The van der Waals surface area contributed by atoms with E-state index in [1.54, 1.807) is 14.2 Å². The molecule has 0 radical (unpaired) electrons. The molecule has 0 N–H and O–H groups in total. The molecule has 0 bridgehead atoms. The fourth-order valence-corrected chi connectivity index (χ4v) is 2.12. The van der Waals surface area contributed by atoms with Crippen LogP contribution >= 0.6 is 0 Å². The molecule has 4 nitrogen and oxygen atoms in total. The third kappa shape index (κ3) is 3.08. The van der Waals surface area contributed by atoms with Crippen LogP contribution in [-0.2, 0) is 16.0 Å². The van der Waals surface area contributed by atoms with Crippen LogP contribution in [0.3, 0.4) is 0 Å². The summed E-state index contributed by atoms with van der Waals surface area (Å²) in [6.45, 7) is 4.71. The average Bonchev–Trinajstić information content (AvgIpc) is 2.79. The molecule has 0 atom stereocenters. The highest BCUT2D eigenvalue weighted by atomic mass is 16.7. The topological polar surface area (TPSA) is 32.6 Å². The smallest absolute Gasteiger partial charge is 0.174 e. The summed E-state index contributed by atoms with van der Waals surface area (Å²) >= 11 is 0. The van der Waals surface area contributed by atoms with Crippen molar-refractivity contribution in [1.29, 1.82) is 0 Å². The Balaban J connectivity index is 2.32. The summed E-state index contributed by atoms with van der Waals surface area (Å²) in [5, 5.41) is 1.11. The van der Waals surface area contributed by atoms with Gasteiger partial charge in [0.05, 0.1) is 18.2 Å². The molecule has 0 aliphatic rings. The summed E-state index contributed by atoms with van der Waals surface area (Å²) in [5.74, 6) is 0.914. The Labute approximate surface area is 113 Å². The van der Waals surface area contributed by atoms with E-state index in [2.05, 4.69) is 16.7 Å². The van der Waals surface area contributed by atoms with Crippen LogP contribution in [-0.4, -0.2) is 31.2 Å². The predicted molar refractivity (Wildman–Crippen MR) is 75.5 cm³/mol. The Morgan fingerprint density at radius 2 is 1.84 bits per heavy atom. The van der Waals surface area contributed by atoms with Crippen molar-refractivity contribution in [3.63, 3.8) is 0 Å². The van der Waals surface area contributed by atoms with Crippen LogP contribution in [0.25, 0.3) is 10.9 Å². The second-order valence-electron chi connectivity index (χ2n) is 4.72. The number of hydrogen-bond donors (Lipinski definition) is 0. The molecule has 0 aliphatic carbocycles. The lowest BCUT2D eigenvalue weighted by Crippen LogP contribution is -2.19. The van der Waals surface area contributed by atoms with E-state index >= 15 is 0 Å². The number of rotatable bonds is 6. The zero-order valence-corrected chi connectivity index (χ0v) is 11.9. The van der Waals surface area contributed by atoms with Gasteiger partial charge in [0.15, 0.2) is 6.29 Å². The van der Waals surface area contributed by atoms with Gasteiger partial charge in [-0.1, -0.05) is 6.07 Å². The quantitative estimate of drug-likeness (QED) is 0.751. The summed E-state index contributed by atoms with van der Waals surface area (Å²) in [6.07, 6.45) is 1.95. The van der Waals surface area contributed by atoms with Gasteiger partial charge in [-0.25, -0.2) is 0 Å². The molecule has 104 valence electrons. The van der Waals surface area contributed by atoms with Crippen molar-refractivity contribution in [3.8, 4) is 5.75 Å². The zero-order valence-electron chi connectivity index (χ0n) is 11.9. The molecular weight excluding hydrogens is 242 g/mol. The molecular formula is C15H21NO3. The number of ether oxygens (including phenoxy) is 3. The minimum Gasteiger partial charge on any atom is -0.490 e. The van der Waals surface area contributed by atoms with E-state index in [0.717, 1.165) is 16.7 Å². The molecule has 1 aromatic carbocycles. The van der Waals surface area contributed by atoms with Crippen LogP contribution in [0.15, 0.2) is 30.5 Å². The fourth-order valence-electron chi connectivity index (χ4n) is 2.12. The van der Waals surface area contributed by atoms with E-state index in [9.17, 15) is 0 Å². The Morgan fingerprint density at radius 1 is 1.11 bits per heavy atom. The van der Waals surface area contributed by atoms with Crippen LogP contribution < -0.4 is 4.74 Å². The maximum atomic E-state index is 5.82. The highest BCUT2D eigenvalue weighted by Crippen LogP contribution is 2.27. The maximum absolute atomic E-state index is 5.82. The van der Waals surface area contributed by atoms with E-state index in [1.807, 2.05) is 32.2 Å². The van der Waals surface area contributed by atoms with E-state index in [0.29, 0.717) is 6.54 Å². The van der Waals surface area contributed by atoms with Gasteiger partial charge in [-0.3, -0.25) is 0 Å². The Morgan fingerprint density at radius 3 is 2.47 bits per heavy atom. The standard InChI is InChI=1S/C15H21NO3/c1-11(2)19-14-7-5-6-13-12(14)8-9-16(13)10-15(17-3)18-4/h5-9,11,15H,10H2,1-4H3. The normalized spacial score (nSPS) is 11.7. The van der Waals surface area contributed by atoms with Crippen molar-refractivity contribution in [2.24, 2.45) is 0 Å². The molecule has 2 aromatic rings. The van der Waals surface area contributed by atoms with Gasteiger partial charge in [0.1, 0.15) is 5.75 Å². The second kappa shape index (κ2) is 6.08. The molecule has 0 saturated heterocycles. The second-order valence-corrected chi connectivity index (χ2v) is 4.72. The van der Waals surface area contributed by atoms with Gasteiger partial charge in [0.2, 0.25) is 0 Å². The minimum atomic E-state index is -0.245. The molecule has 0 amide bonds. The number of aromatic nitrogens is 1. The molecule has 2 rings (SSSR count). The van der Waals surface area contributed by atoms with Crippen LogP contribution in [0.2, 0.25) is 0 Å². The molecule has 0 saturated carbocycles. The molecule has 1 aromatic heterocycles. The highest BCUT2D eigenvalue weighted by molar-refractivity contribution is 5.86. The van der Waals surface area contributed by atoms with Crippen molar-refractivity contribution in [1.82, 2.24) is 4.57 Å². The van der Waals surface area contributed by atoms with Crippen LogP contribution in [0.4, 0.5) is 0 Å². The minimum absolute atomic E-state index is 0.166. The van der Waals surface area contributed by atoms with Crippen molar-refractivity contribution < 1.29 is 14.2 Å². The number of fused-ring (bicyclic) bond motifs is 1. The zero-order chi connectivity index (χ0) is 13.8. The fraction of sp³-hybridized carbons (Fsp3) is 0.467. The number of benzene rings is 1. The lowest BCUT2D eigenvalue weighted by Gasteiger charge is -2.15. The maximum Gasteiger partial charge on any atom is 0.174 e. The van der Waals surface area contributed by atoms with Crippen LogP contribution in [0.1, 0.15) is 13.8 Å². The lowest BCUT2D eigenvalue weighted by molar-refractivity contribution is -0.110. The van der Waals surface area contributed by atoms with Crippen LogP contribution in [0.5, 0.6) is 5.75 Å². The summed E-state index contributed by atoms with van der Waals surface area (Å²) in [4.78, 5) is 0. The van der Waals surface area contributed by atoms with Gasteiger partial charge in [-0.15, -0.1) is 0 Å². The first-order valence-corrected chi connectivity index (χ1v) is 6.45. The Hall–Kier alpha value is -1.52. The third-order valence-corrected chi connectivity index (χ3v) is 3.01. The molecule has 0 spiro atoms. The summed E-state index contributed by atoms with van der Waals surface area (Å²) in [7, 11) is 3.29. The van der Waals surface area contributed by atoms with Crippen molar-refractivity contribution in [3.05, 3.63) is 30.5 Å². The third-order valence-electron chi connectivity index (χ3n) is 3.01. The number of methoxy groups -OCH3 is 2. The number of nitrogens with zero attached hydrogens (tertiary/aromatic N) is 1. The molecule has 19 heavy (non-hydrogen) atoms. The Kier molecular flexibility index (Phi) is 4.45. The highest BCUT2D eigenvalue weighted by Gasteiger charge is 2.11. The van der Waals surface area contributed by atoms with Gasteiger partial charge in [0.25, 0.3) is 0 Å². The van der Waals surface area contributed by atoms with Crippen LogP contribution in [0, 0.1) is 0 Å². The molecule has 0 aliphatic heterocycles. The largest absolute Gasteiger partial charge is 0.490 e.